The van der Waals surface area contributed by atoms with Gasteiger partial charge in [-0.3, -0.25) is 9.97 Å². The molecule has 0 aliphatic carbocycles. The Morgan fingerprint density at radius 2 is 1.29 bits per heavy atom. The van der Waals surface area contributed by atoms with E-state index < -0.39 is 0 Å². The summed E-state index contributed by atoms with van der Waals surface area (Å²) in [5.74, 6) is 0. The van der Waals surface area contributed by atoms with Gasteiger partial charge in [-0.2, -0.15) is 0 Å². The van der Waals surface area contributed by atoms with Crippen LogP contribution in [0.15, 0.2) is 60.9 Å². The summed E-state index contributed by atoms with van der Waals surface area (Å²) in [4.78, 5) is 11.1. The van der Waals surface area contributed by atoms with Gasteiger partial charge in [0, 0.05) is 64.2 Å². The number of fused-ring (bicyclic) bond motifs is 2. The molecule has 7 heteroatoms. The van der Waals surface area contributed by atoms with Crippen molar-refractivity contribution < 1.29 is 0 Å². The second-order valence-electron chi connectivity index (χ2n) is 7.55. The molecule has 0 saturated heterocycles. The molecule has 2 aromatic carbocycles. The number of pyridine rings is 2. The molecule has 4 rings (SSSR count). The van der Waals surface area contributed by atoms with Crippen LogP contribution in [0.2, 0.25) is 10.0 Å². The van der Waals surface area contributed by atoms with Gasteiger partial charge in [-0.15, -0.1) is 0 Å². The first kappa shape index (κ1) is 21.6. The van der Waals surface area contributed by atoms with Crippen molar-refractivity contribution in [3.05, 3.63) is 71.0 Å². The zero-order valence-electron chi connectivity index (χ0n) is 17.4. The average molecular weight is 454 g/mol. The summed E-state index contributed by atoms with van der Waals surface area (Å²) < 4.78 is 0. The van der Waals surface area contributed by atoms with Crippen molar-refractivity contribution in [2.45, 2.75) is 6.42 Å². The summed E-state index contributed by atoms with van der Waals surface area (Å²) in [5, 5.41) is 10.6. The molecule has 0 radical (unpaired) electrons. The Hall–Kier alpha value is -2.60. The molecule has 0 atom stereocenters. The number of anilines is 2. The molecule has 160 valence electrons. The first-order valence-electron chi connectivity index (χ1n) is 10.3. The normalized spacial score (nSPS) is 11.4. The van der Waals surface area contributed by atoms with Crippen LogP contribution >= 0.6 is 23.2 Å². The van der Waals surface area contributed by atoms with E-state index in [0.29, 0.717) is 10.0 Å². The maximum Gasteiger partial charge on any atom is 0.0737 e. The Morgan fingerprint density at radius 1 is 0.742 bits per heavy atom. The lowest BCUT2D eigenvalue weighted by Gasteiger charge is -2.18. The monoisotopic (exact) mass is 453 g/mol. The lowest BCUT2D eigenvalue weighted by Crippen LogP contribution is -2.27. The van der Waals surface area contributed by atoms with Crippen LogP contribution in [0.5, 0.6) is 0 Å². The predicted molar refractivity (Wildman–Crippen MR) is 133 cm³/mol. The number of rotatable bonds is 9. The van der Waals surface area contributed by atoms with Gasteiger partial charge in [-0.05, 0) is 68.5 Å². The smallest absolute Gasteiger partial charge is 0.0737 e. The van der Waals surface area contributed by atoms with E-state index >= 15 is 0 Å². The number of nitrogens with one attached hydrogen (secondary N) is 2. The lowest BCUT2D eigenvalue weighted by molar-refractivity contribution is 0.345. The van der Waals surface area contributed by atoms with Crippen LogP contribution in [0, 0.1) is 0 Å². The molecule has 31 heavy (non-hydrogen) atoms. The van der Waals surface area contributed by atoms with Gasteiger partial charge in [0.1, 0.15) is 0 Å². The van der Waals surface area contributed by atoms with Gasteiger partial charge in [-0.1, -0.05) is 23.2 Å². The zero-order valence-corrected chi connectivity index (χ0v) is 18.9. The number of halogens is 2. The number of likely N-dealkylation sites (N-methyl/N-ethyl adjacent to an activating group) is 1. The molecule has 0 saturated carbocycles. The third-order valence-corrected chi connectivity index (χ3v) is 5.72. The molecule has 0 spiro atoms. The van der Waals surface area contributed by atoms with Crippen molar-refractivity contribution in [1.29, 1.82) is 0 Å². The molecule has 0 unspecified atom stereocenters. The van der Waals surface area contributed by atoms with Crippen LogP contribution in [0.1, 0.15) is 6.42 Å². The average Bonchev–Trinajstić information content (AvgIpc) is 2.76. The van der Waals surface area contributed by atoms with E-state index in [2.05, 4.69) is 32.5 Å². The second kappa shape index (κ2) is 10.1. The quantitative estimate of drug-likeness (QED) is 0.307. The number of nitrogens with zero attached hydrogens (tertiary/aromatic N) is 3. The molecule has 2 aromatic heterocycles. The standard InChI is InChI=1S/C24H25Cl2N5/c1-31(14-12-30-22-8-11-29-24-16-18(26)4-6-20(22)24)13-2-9-27-21-7-10-28-23-15-17(25)3-5-19(21)23/h3-8,10-11,15-16H,2,9,12-14H2,1H3,(H,27,28)(H,29,30). The van der Waals surface area contributed by atoms with E-state index in [-0.39, 0.29) is 0 Å². The van der Waals surface area contributed by atoms with Gasteiger partial charge in [0.2, 0.25) is 0 Å². The van der Waals surface area contributed by atoms with Crippen LogP contribution in [0.25, 0.3) is 21.8 Å². The van der Waals surface area contributed by atoms with Crippen LogP contribution in [-0.2, 0) is 0 Å². The highest BCUT2D eigenvalue weighted by molar-refractivity contribution is 6.31. The van der Waals surface area contributed by atoms with E-state index in [1.54, 1.807) is 0 Å². The Morgan fingerprint density at radius 3 is 1.87 bits per heavy atom. The van der Waals surface area contributed by atoms with Crippen LogP contribution < -0.4 is 10.6 Å². The third-order valence-electron chi connectivity index (χ3n) is 5.25. The van der Waals surface area contributed by atoms with Crippen molar-refractivity contribution in [2.75, 3.05) is 43.9 Å². The van der Waals surface area contributed by atoms with E-state index in [4.69, 9.17) is 23.2 Å². The maximum absolute atomic E-state index is 6.07. The summed E-state index contributed by atoms with van der Waals surface area (Å²) >= 11 is 12.1. The van der Waals surface area contributed by atoms with Crippen molar-refractivity contribution in [1.82, 2.24) is 14.9 Å². The largest absolute Gasteiger partial charge is 0.384 e. The molecule has 0 bridgehead atoms. The number of benzene rings is 2. The van der Waals surface area contributed by atoms with Gasteiger partial charge in [0.15, 0.2) is 0 Å². The summed E-state index contributed by atoms with van der Waals surface area (Å²) in [7, 11) is 2.15. The van der Waals surface area contributed by atoms with Crippen molar-refractivity contribution in [2.24, 2.45) is 0 Å². The fraction of sp³-hybridized carbons (Fsp3) is 0.250. The highest BCUT2D eigenvalue weighted by Crippen LogP contribution is 2.25. The summed E-state index contributed by atoms with van der Waals surface area (Å²) in [5.41, 5.74) is 3.99. The highest BCUT2D eigenvalue weighted by Gasteiger charge is 2.05. The Kier molecular flexibility index (Phi) is 7.07. The molecule has 2 heterocycles. The fourth-order valence-electron chi connectivity index (χ4n) is 3.62. The van der Waals surface area contributed by atoms with Crippen molar-refractivity contribution in [3.8, 4) is 0 Å². The SMILES string of the molecule is CN(CCCNc1ccnc2cc(Cl)ccc12)CCNc1ccnc2cc(Cl)ccc12. The zero-order chi connectivity index (χ0) is 21.6. The molecule has 2 N–H and O–H groups in total. The van der Waals surface area contributed by atoms with Crippen LogP contribution in [0.3, 0.4) is 0 Å². The van der Waals surface area contributed by atoms with Gasteiger partial charge in [-0.25, -0.2) is 0 Å². The Balaban J connectivity index is 1.22. The van der Waals surface area contributed by atoms with Gasteiger partial charge >= 0.3 is 0 Å². The lowest BCUT2D eigenvalue weighted by atomic mass is 10.2. The molecule has 0 aliphatic rings. The first-order valence-corrected chi connectivity index (χ1v) is 11.1. The minimum absolute atomic E-state index is 0.703. The summed E-state index contributed by atoms with van der Waals surface area (Å²) in [6, 6.07) is 15.6. The van der Waals surface area contributed by atoms with Gasteiger partial charge in [0.25, 0.3) is 0 Å². The fourth-order valence-corrected chi connectivity index (χ4v) is 3.95. The minimum Gasteiger partial charge on any atom is -0.384 e. The highest BCUT2D eigenvalue weighted by atomic mass is 35.5. The van der Waals surface area contributed by atoms with Crippen molar-refractivity contribution in [3.63, 3.8) is 0 Å². The predicted octanol–water partition coefficient (Wildman–Crippen LogP) is 5.94. The van der Waals surface area contributed by atoms with Crippen LogP contribution in [-0.4, -0.2) is 48.1 Å². The molecule has 4 aromatic rings. The Bertz CT molecular complexity index is 1180. The summed E-state index contributed by atoms with van der Waals surface area (Å²) in [6.07, 6.45) is 4.67. The third kappa shape index (κ3) is 5.56. The second-order valence-corrected chi connectivity index (χ2v) is 8.42. The first-order chi connectivity index (χ1) is 15.1. The van der Waals surface area contributed by atoms with E-state index in [0.717, 1.165) is 65.8 Å². The topological polar surface area (TPSA) is 53.1 Å². The number of aromatic nitrogens is 2. The van der Waals surface area contributed by atoms with E-state index in [9.17, 15) is 0 Å². The van der Waals surface area contributed by atoms with Gasteiger partial charge < -0.3 is 15.5 Å². The molecular formula is C24H25Cl2N5. The van der Waals surface area contributed by atoms with Crippen LogP contribution in [0.4, 0.5) is 11.4 Å². The number of hydrogen-bond donors (Lipinski definition) is 2. The number of hydrogen-bond acceptors (Lipinski definition) is 5. The Labute approximate surface area is 192 Å². The molecule has 0 fully saturated rings. The summed E-state index contributed by atoms with van der Waals surface area (Å²) in [6.45, 7) is 3.72. The van der Waals surface area contributed by atoms with E-state index in [1.807, 2.05) is 60.9 Å². The molecule has 5 nitrogen and oxygen atoms in total. The maximum atomic E-state index is 6.07. The molecule has 0 aliphatic heterocycles. The molecular weight excluding hydrogens is 429 g/mol. The van der Waals surface area contributed by atoms with Gasteiger partial charge in [0.05, 0.1) is 11.0 Å². The molecule has 0 amide bonds. The van der Waals surface area contributed by atoms with Crippen molar-refractivity contribution >= 4 is 56.4 Å². The van der Waals surface area contributed by atoms with E-state index in [1.165, 1.54) is 0 Å². The minimum atomic E-state index is 0.703.